The van der Waals surface area contributed by atoms with Gasteiger partial charge < -0.3 is 5.73 Å². The summed E-state index contributed by atoms with van der Waals surface area (Å²) in [5, 5.41) is 18.2. The van der Waals surface area contributed by atoms with Crippen LogP contribution in [0.5, 0.6) is 0 Å². The molecule has 1 aromatic carbocycles. The lowest BCUT2D eigenvalue weighted by Crippen LogP contribution is -2.02. The van der Waals surface area contributed by atoms with E-state index in [9.17, 15) is 10.1 Å². The number of rotatable bonds is 3. The molecule has 0 spiro atoms. The van der Waals surface area contributed by atoms with Crippen molar-refractivity contribution >= 4 is 11.5 Å². The average molecular weight is 233 g/mol. The van der Waals surface area contributed by atoms with Gasteiger partial charge in [0.1, 0.15) is 0 Å². The first kappa shape index (κ1) is 11.1. The van der Waals surface area contributed by atoms with Crippen LogP contribution in [0.1, 0.15) is 12.6 Å². The summed E-state index contributed by atoms with van der Waals surface area (Å²) in [6, 6.07) is 6.08. The Morgan fingerprint density at radius 2 is 2.06 bits per heavy atom. The molecule has 2 N–H and O–H groups in total. The van der Waals surface area contributed by atoms with Crippen molar-refractivity contribution in [3.8, 4) is 5.69 Å². The van der Waals surface area contributed by atoms with E-state index in [-0.39, 0.29) is 5.69 Å². The van der Waals surface area contributed by atoms with Crippen molar-refractivity contribution in [3.05, 3.63) is 40.1 Å². The molecular formula is C10H11N5O2. The Labute approximate surface area is 97.0 Å². The average Bonchev–Trinajstić information content (AvgIpc) is 2.70. The monoisotopic (exact) mass is 233 g/mol. The highest BCUT2D eigenvalue weighted by Gasteiger charge is 2.11. The number of nitrogen functional groups attached to an aromatic ring is 1. The summed E-state index contributed by atoms with van der Waals surface area (Å²) < 4.78 is 1.58. The number of nitrogens with zero attached hydrogens (tertiary/aromatic N) is 4. The molecule has 0 saturated carbocycles. The van der Waals surface area contributed by atoms with Crippen molar-refractivity contribution in [3.63, 3.8) is 0 Å². The van der Waals surface area contributed by atoms with Gasteiger partial charge in [0.25, 0.3) is 5.69 Å². The van der Waals surface area contributed by atoms with E-state index in [1.165, 1.54) is 12.1 Å². The maximum Gasteiger partial charge on any atom is 0.269 e. The minimum atomic E-state index is -0.444. The van der Waals surface area contributed by atoms with Gasteiger partial charge in [-0.15, -0.1) is 5.10 Å². The highest BCUT2D eigenvalue weighted by Crippen LogP contribution is 2.18. The van der Waals surface area contributed by atoms with Gasteiger partial charge in [-0.25, -0.2) is 4.68 Å². The Hall–Kier alpha value is -2.44. The third kappa shape index (κ3) is 1.94. The minimum absolute atomic E-state index is 0.0416. The van der Waals surface area contributed by atoms with Crippen LogP contribution < -0.4 is 5.73 Å². The molecule has 0 aliphatic carbocycles. The fourth-order valence-electron chi connectivity index (χ4n) is 1.57. The summed E-state index contributed by atoms with van der Waals surface area (Å²) in [4.78, 5) is 10.1. The predicted octanol–water partition coefficient (Wildman–Crippen LogP) is 1.32. The minimum Gasteiger partial charge on any atom is -0.381 e. The van der Waals surface area contributed by atoms with Gasteiger partial charge >= 0.3 is 0 Å². The first-order valence-corrected chi connectivity index (χ1v) is 5.08. The topological polar surface area (TPSA) is 99.9 Å². The second-order valence-corrected chi connectivity index (χ2v) is 3.46. The molecule has 0 saturated heterocycles. The highest BCUT2D eigenvalue weighted by molar-refractivity contribution is 5.44. The number of anilines is 1. The number of nitrogens with two attached hydrogens (primary N) is 1. The number of nitro benzene ring substituents is 1. The zero-order valence-electron chi connectivity index (χ0n) is 9.20. The molecule has 0 aliphatic rings. The molecule has 2 rings (SSSR count). The Morgan fingerprint density at radius 1 is 1.41 bits per heavy atom. The van der Waals surface area contributed by atoms with E-state index < -0.39 is 4.92 Å². The molecule has 0 bridgehead atoms. The zero-order valence-corrected chi connectivity index (χ0v) is 9.20. The summed E-state index contributed by atoms with van der Waals surface area (Å²) >= 11 is 0. The summed E-state index contributed by atoms with van der Waals surface area (Å²) in [6.07, 6.45) is 0.690. The SMILES string of the molecule is CCc1c(N)nnn1-c1ccc([N+](=O)[O-])cc1. The van der Waals surface area contributed by atoms with Crippen molar-refractivity contribution in [1.82, 2.24) is 15.0 Å². The number of aromatic nitrogens is 3. The second-order valence-electron chi connectivity index (χ2n) is 3.46. The van der Waals surface area contributed by atoms with Gasteiger partial charge in [-0.05, 0) is 18.6 Å². The lowest BCUT2D eigenvalue weighted by molar-refractivity contribution is -0.384. The van der Waals surface area contributed by atoms with E-state index in [4.69, 9.17) is 5.73 Å². The molecule has 0 unspecified atom stereocenters. The largest absolute Gasteiger partial charge is 0.381 e. The van der Waals surface area contributed by atoms with Crippen LogP contribution in [0.2, 0.25) is 0 Å². The molecule has 0 fully saturated rings. The molecule has 1 heterocycles. The van der Waals surface area contributed by atoms with Gasteiger partial charge in [-0.2, -0.15) is 0 Å². The maximum absolute atomic E-state index is 10.5. The molecule has 1 aromatic heterocycles. The Morgan fingerprint density at radius 3 is 2.59 bits per heavy atom. The summed E-state index contributed by atoms with van der Waals surface area (Å²) in [5.41, 5.74) is 7.20. The van der Waals surface area contributed by atoms with Gasteiger partial charge in [0.15, 0.2) is 5.82 Å². The van der Waals surface area contributed by atoms with Crippen LogP contribution in [0.4, 0.5) is 11.5 Å². The molecule has 88 valence electrons. The molecule has 17 heavy (non-hydrogen) atoms. The number of non-ortho nitro benzene ring substituents is 1. The summed E-state index contributed by atoms with van der Waals surface area (Å²) in [7, 11) is 0. The molecule has 7 heteroatoms. The third-order valence-electron chi connectivity index (χ3n) is 2.43. The van der Waals surface area contributed by atoms with Gasteiger partial charge in [0, 0.05) is 12.1 Å². The van der Waals surface area contributed by atoms with E-state index in [1.54, 1.807) is 16.8 Å². The van der Waals surface area contributed by atoms with Crippen LogP contribution in [0.3, 0.4) is 0 Å². The Kier molecular flexibility index (Phi) is 2.73. The second kappa shape index (κ2) is 4.20. The molecule has 0 amide bonds. The Balaban J connectivity index is 2.43. The first-order chi connectivity index (χ1) is 8.13. The van der Waals surface area contributed by atoms with Crippen LogP contribution in [-0.2, 0) is 6.42 Å². The predicted molar refractivity (Wildman–Crippen MR) is 61.8 cm³/mol. The van der Waals surface area contributed by atoms with Crippen LogP contribution in [0, 0.1) is 10.1 Å². The quantitative estimate of drug-likeness (QED) is 0.636. The fourth-order valence-corrected chi connectivity index (χ4v) is 1.57. The standard InChI is InChI=1S/C10H11N5O2/c1-2-9-10(11)12-13-14(9)7-3-5-8(6-4-7)15(16)17/h3-6H,2,11H2,1H3. The number of hydrogen-bond acceptors (Lipinski definition) is 5. The zero-order chi connectivity index (χ0) is 12.4. The van der Waals surface area contributed by atoms with Crippen molar-refractivity contribution in [2.45, 2.75) is 13.3 Å². The molecular weight excluding hydrogens is 222 g/mol. The van der Waals surface area contributed by atoms with Crippen LogP contribution in [0.15, 0.2) is 24.3 Å². The van der Waals surface area contributed by atoms with E-state index >= 15 is 0 Å². The molecule has 2 aromatic rings. The van der Waals surface area contributed by atoms with Crippen molar-refractivity contribution in [2.24, 2.45) is 0 Å². The van der Waals surface area contributed by atoms with Crippen LogP contribution >= 0.6 is 0 Å². The van der Waals surface area contributed by atoms with E-state index in [2.05, 4.69) is 10.3 Å². The van der Waals surface area contributed by atoms with Gasteiger partial charge in [-0.1, -0.05) is 12.1 Å². The van der Waals surface area contributed by atoms with Crippen molar-refractivity contribution < 1.29 is 4.92 Å². The van der Waals surface area contributed by atoms with Crippen LogP contribution in [-0.4, -0.2) is 19.9 Å². The highest BCUT2D eigenvalue weighted by atomic mass is 16.6. The number of hydrogen-bond donors (Lipinski definition) is 1. The lowest BCUT2D eigenvalue weighted by Gasteiger charge is -2.04. The van der Waals surface area contributed by atoms with E-state index in [0.717, 1.165) is 5.69 Å². The third-order valence-corrected chi connectivity index (χ3v) is 2.43. The molecule has 0 aliphatic heterocycles. The number of benzene rings is 1. The summed E-state index contributed by atoms with van der Waals surface area (Å²) in [5.74, 6) is 0.380. The molecule has 0 atom stereocenters. The van der Waals surface area contributed by atoms with E-state index in [1.807, 2.05) is 6.92 Å². The lowest BCUT2D eigenvalue weighted by atomic mass is 10.2. The van der Waals surface area contributed by atoms with E-state index in [0.29, 0.717) is 17.9 Å². The van der Waals surface area contributed by atoms with Gasteiger partial charge in [-0.3, -0.25) is 10.1 Å². The Bertz CT molecular complexity index is 546. The fraction of sp³-hybridized carbons (Fsp3) is 0.200. The molecule has 7 nitrogen and oxygen atoms in total. The van der Waals surface area contributed by atoms with Gasteiger partial charge in [0.05, 0.1) is 16.3 Å². The number of nitro groups is 1. The maximum atomic E-state index is 10.5. The normalized spacial score (nSPS) is 10.4. The van der Waals surface area contributed by atoms with Gasteiger partial charge in [0.2, 0.25) is 0 Å². The molecule has 0 radical (unpaired) electrons. The van der Waals surface area contributed by atoms with Crippen LogP contribution in [0.25, 0.3) is 5.69 Å². The van der Waals surface area contributed by atoms with Crippen molar-refractivity contribution in [1.29, 1.82) is 0 Å². The smallest absolute Gasteiger partial charge is 0.269 e. The van der Waals surface area contributed by atoms with Crippen molar-refractivity contribution in [2.75, 3.05) is 5.73 Å². The summed E-state index contributed by atoms with van der Waals surface area (Å²) in [6.45, 7) is 1.94. The first-order valence-electron chi connectivity index (χ1n) is 5.08.